The van der Waals surface area contributed by atoms with Gasteiger partial charge in [-0.1, -0.05) is 17.7 Å². The van der Waals surface area contributed by atoms with E-state index in [1.54, 1.807) is 13.0 Å². The Morgan fingerprint density at radius 1 is 1.18 bits per heavy atom. The molecule has 0 saturated carbocycles. The van der Waals surface area contributed by atoms with Crippen LogP contribution in [0.2, 0.25) is 5.02 Å². The molecule has 22 heavy (non-hydrogen) atoms. The average Bonchev–Trinajstić information content (AvgIpc) is 2.43. The molecule has 2 aromatic carbocycles. The number of nitrogens with one attached hydrogen (secondary N) is 1. The molecular weight excluding hydrogens is 317 g/mol. The lowest BCUT2D eigenvalue weighted by Gasteiger charge is -2.12. The van der Waals surface area contributed by atoms with Gasteiger partial charge < -0.3 is 11.1 Å². The highest BCUT2D eigenvalue weighted by atomic mass is 35.5. The summed E-state index contributed by atoms with van der Waals surface area (Å²) in [6.07, 6.45) is -4.52. The Morgan fingerprint density at radius 3 is 2.45 bits per heavy atom. The monoisotopic (exact) mass is 328 g/mol. The summed E-state index contributed by atoms with van der Waals surface area (Å²) in [7, 11) is 0. The summed E-state index contributed by atoms with van der Waals surface area (Å²) in [5.41, 5.74) is 6.16. The molecule has 2 rings (SSSR count). The van der Waals surface area contributed by atoms with Crippen LogP contribution in [0.3, 0.4) is 0 Å². The second-order valence-corrected chi connectivity index (χ2v) is 5.13. The maximum Gasteiger partial charge on any atom is 0.416 e. The van der Waals surface area contributed by atoms with Gasteiger partial charge in [-0.3, -0.25) is 4.79 Å². The largest absolute Gasteiger partial charge is 0.416 e. The van der Waals surface area contributed by atoms with E-state index in [1.807, 2.05) is 0 Å². The second-order valence-electron chi connectivity index (χ2n) is 4.72. The van der Waals surface area contributed by atoms with Crippen LogP contribution in [0.5, 0.6) is 0 Å². The predicted octanol–water partition coefficient (Wildman–Crippen LogP) is 4.50. The van der Waals surface area contributed by atoms with Crippen LogP contribution >= 0.6 is 11.6 Å². The molecule has 0 aliphatic carbocycles. The van der Waals surface area contributed by atoms with Crippen molar-refractivity contribution in [3.05, 3.63) is 58.1 Å². The number of alkyl halides is 3. The number of carbonyl (C=O) groups is 1. The van der Waals surface area contributed by atoms with Crippen molar-refractivity contribution >= 4 is 28.9 Å². The number of hydrogen-bond acceptors (Lipinski definition) is 2. The van der Waals surface area contributed by atoms with E-state index < -0.39 is 17.6 Å². The minimum absolute atomic E-state index is 0.0152. The smallest absolute Gasteiger partial charge is 0.398 e. The maximum atomic E-state index is 12.7. The Labute approximate surface area is 129 Å². The van der Waals surface area contributed by atoms with Gasteiger partial charge in [-0.2, -0.15) is 13.2 Å². The first kappa shape index (κ1) is 16.2. The number of aryl methyl sites for hydroxylation is 1. The number of rotatable bonds is 2. The standard InChI is InChI=1S/C15H12ClF3N2O/c1-8-2-3-9(6-12(8)20)14(22)21-13-7-10(15(17,18)19)4-5-11(13)16/h2-7H,20H2,1H3,(H,21,22). The van der Waals surface area contributed by atoms with Gasteiger partial charge in [-0.05, 0) is 42.8 Å². The first-order valence-electron chi connectivity index (χ1n) is 6.22. The van der Waals surface area contributed by atoms with Gasteiger partial charge in [0.05, 0.1) is 16.3 Å². The second kappa shape index (κ2) is 5.88. The number of hydrogen-bond donors (Lipinski definition) is 2. The normalized spacial score (nSPS) is 11.3. The molecule has 3 nitrogen and oxygen atoms in total. The van der Waals surface area contributed by atoms with E-state index in [4.69, 9.17) is 17.3 Å². The molecule has 0 radical (unpaired) electrons. The molecule has 7 heteroatoms. The van der Waals surface area contributed by atoms with E-state index in [-0.39, 0.29) is 16.3 Å². The molecule has 0 aliphatic heterocycles. The van der Waals surface area contributed by atoms with Crippen LogP contribution in [0.1, 0.15) is 21.5 Å². The highest BCUT2D eigenvalue weighted by Crippen LogP contribution is 2.34. The topological polar surface area (TPSA) is 55.1 Å². The third-order valence-corrected chi connectivity index (χ3v) is 3.41. The average molecular weight is 329 g/mol. The lowest BCUT2D eigenvalue weighted by molar-refractivity contribution is -0.137. The Kier molecular flexibility index (Phi) is 4.32. The van der Waals surface area contributed by atoms with Crippen molar-refractivity contribution < 1.29 is 18.0 Å². The van der Waals surface area contributed by atoms with Gasteiger partial charge in [0, 0.05) is 11.3 Å². The zero-order valence-corrected chi connectivity index (χ0v) is 12.2. The zero-order valence-electron chi connectivity index (χ0n) is 11.5. The van der Waals surface area contributed by atoms with Crippen molar-refractivity contribution in [1.82, 2.24) is 0 Å². The molecule has 0 atom stereocenters. The van der Waals surface area contributed by atoms with Crippen LogP contribution < -0.4 is 11.1 Å². The quantitative estimate of drug-likeness (QED) is 0.797. The molecule has 3 N–H and O–H groups in total. The van der Waals surface area contributed by atoms with Gasteiger partial charge in [-0.15, -0.1) is 0 Å². The summed E-state index contributed by atoms with van der Waals surface area (Å²) >= 11 is 5.83. The zero-order chi connectivity index (χ0) is 16.5. The van der Waals surface area contributed by atoms with Gasteiger partial charge in [0.15, 0.2) is 0 Å². The van der Waals surface area contributed by atoms with Gasteiger partial charge in [0.1, 0.15) is 0 Å². The van der Waals surface area contributed by atoms with Gasteiger partial charge in [0.25, 0.3) is 5.91 Å². The van der Waals surface area contributed by atoms with E-state index in [0.29, 0.717) is 5.69 Å². The van der Waals surface area contributed by atoms with Crippen LogP contribution in [0, 0.1) is 6.92 Å². The van der Waals surface area contributed by atoms with Crippen molar-refractivity contribution in [2.45, 2.75) is 13.1 Å². The fraction of sp³-hybridized carbons (Fsp3) is 0.133. The van der Waals surface area contributed by atoms with Crippen LogP contribution in [-0.2, 0) is 6.18 Å². The highest BCUT2D eigenvalue weighted by Gasteiger charge is 2.31. The maximum absolute atomic E-state index is 12.7. The summed E-state index contributed by atoms with van der Waals surface area (Å²) in [5, 5.41) is 2.37. The molecule has 116 valence electrons. The van der Waals surface area contributed by atoms with Crippen molar-refractivity contribution in [2.24, 2.45) is 0 Å². The van der Waals surface area contributed by atoms with E-state index >= 15 is 0 Å². The Morgan fingerprint density at radius 2 is 1.86 bits per heavy atom. The first-order chi connectivity index (χ1) is 10.2. The molecule has 0 bridgehead atoms. The van der Waals surface area contributed by atoms with Crippen LogP contribution in [0.25, 0.3) is 0 Å². The summed E-state index contributed by atoms with van der Waals surface area (Å²) < 4.78 is 38.1. The minimum Gasteiger partial charge on any atom is -0.398 e. The van der Waals surface area contributed by atoms with Crippen LogP contribution in [0.4, 0.5) is 24.5 Å². The third-order valence-electron chi connectivity index (χ3n) is 3.08. The predicted molar refractivity (Wildman–Crippen MR) is 80.0 cm³/mol. The van der Waals surface area contributed by atoms with Crippen LogP contribution in [0.15, 0.2) is 36.4 Å². The molecule has 0 spiro atoms. The number of benzene rings is 2. The van der Waals surface area contributed by atoms with Gasteiger partial charge in [-0.25, -0.2) is 0 Å². The number of amides is 1. The Bertz CT molecular complexity index is 729. The minimum atomic E-state index is -4.52. The number of anilines is 2. The molecule has 0 unspecified atom stereocenters. The summed E-state index contributed by atoms with van der Waals surface area (Å²) in [6.45, 7) is 1.78. The number of carbonyl (C=O) groups excluding carboxylic acids is 1. The fourth-order valence-corrected chi connectivity index (χ4v) is 1.94. The van der Waals surface area contributed by atoms with Gasteiger partial charge >= 0.3 is 6.18 Å². The highest BCUT2D eigenvalue weighted by molar-refractivity contribution is 6.34. The molecular formula is C15H12ClF3N2O. The molecule has 0 aromatic heterocycles. The summed E-state index contributed by atoms with van der Waals surface area (Å²) in [5.74, 6) is -0.590. The van der Waals surface area contributed by atoms with E-state index in [0.717, 1.165) is 23.8 Å². The third kappa shape index (κ3) is 3.51. The van der Waals surface area contributed by atoms with Crippen molar-refractivity contribution in [1.29, 1.82) is 0 Å². The summed E-state index contributed by atoms with van der Waals surface area (Å²) in [4.78, 5) is 12.1. The lowest BCUT2D eigenvalue weighted by atomic mass is 10.1. The number of nitrogens with two attached hydrogens (primary N) is 1. The van der Waals surface area contributed by atoms with E-state index in [2.05, 4.69) is 5.32 Å². The van der Waals surface area contributed by atoms with Crippen molar-refractivity contribution in [3.63, 3.8) is 0 Å². The molecule has 0 fully saturated rings. The van der Waals surface area contributed by atoms with Gasteiger partial charge in [0.2, 0.25) is 0 Å². The Balaban J connectivity index is 2.29. The molecule has 0 aliphatic rings. The van der Waals surface area contributed by atoms with Crippen LogP contribution in [-0.4, -0.2) is 5.91 Å². The molecule has 2 aromatic rings. The molecule has 0 saturated heterocycles. The fourth-order valence-electron chi connectivity index (χ4n) is 1.77. The molecule has 0 heterocycles. The van der Waals surface area contributed by atoms with Crippen molar-refractivity contribution in [3.8, 4) is 0 Å². The Hall–Kier alpha value is -2.21. The van der Waals surface area contributed by atoms with E-state index in [9.17, 15) is 18.0 Å². The number of halogens is 4. The number of nitrogen functional groups attached to an aromatic ring is 1. The first-order valence-corrected chi connectivity index (χ1v) is 6.60. The lowest BCUT2D eigenvalue weighted by Crippen LogP contribution is -2.14. The van der Waals surface area contributed by atoms with Crippen molar-refractivity contribution in [2.75, 3.05) is 11.1 Å². The molecule has 1 amide bonds. The van der Waals surface area contributed by atoms with E-state index in [1.165, 1.54) is 12.1 Å². The SMILES string of the molecule is Cc1ccc(C(=O)Nc2cc(C(F)(F)F)ccc2Cl)cc1N. The summed E-state index contributed by atoms with van der Waals surface area (Å²) in [6, 6.07) is 7.36.